The molecule has 1 unspecified atom stereocenters. The van der Waals surface area contributed by atoms with Gasteiger partial charge in [0, 0.05) is 6.42 Å². The number of hydrogen-bond acceptors (Lipinski definition) is 2. The minimum atomic E-state index is -0.884. The number of nitrogens with two attached hydrogens (primary N) is 1. The molecule has 0 aliphatic carbocycles. The second kappa shape index (κ2) is 5.05. The van der Waals surface area contributed by atoms with E-state index in [-0.39, 0.29) is 5.82 Å². The Bertz CT molecular complexity index is 341. The molecule has 0 spiro atoms. The molecule has 0 radical (unpaired) electrons. The molecule has 0 aliphatic rings. The smallest absolute Gasteiger partial charge is 0.137 e. The van der Waals surface area contributed by atoms with Crippen molar-refractivity contribution in [3.8, 4) is 0 Å². The minimum absolute atomic E-state index is 0.309. The standard InChI is InChI=1S/C11H15BrFNO/c1-11(15,5-6-14)7-8-3-2-4-9(13)10(8)12/h2-4,15H,5-7,14H2,1H3. The van der Waals surface area contributed by atoms with Crippen molar-refractivity contribution in [3.05, 3.63) is 34.1 Å². The molecule has 4 heteroatoms. The van der Waals surface area contributed by atoms with Gasteiger partial charge in [0.25, 0.3) is 0 Å². The number of benzene rings is 1. The normalized spacial score (nSPS) is 15.0. The molecule has 15 heavy (non-hydrogen) atoms. The molecule has 0 aromatic heterocycles. The van der Waals surface area contributed by atoms with E-state index in [9.17, 15) is 9.50 Å². The largest absolute Gasteiger partial charge is 0.390 e. The third-order valence-corrected chi connectivity index (χ3v) is 3.17. The van der Waals surface area contributed by atoms with Gasteiger partial charge in [-0.05, 0) is 47.4 Å². The lowest BCUT2D eigenvalue weighted by Crippen LogP contribution is -2.30. The van der Waals surface area contributed by atoms with E-state index in [0.29, 0.717) is 23.9 Å². The summed E-state index contributed by atoms with van der Waals surface area (Å²) in [5, 5.41) is 9.96. The SMILES string of the molecule is CC(O)(CCN)Cc1cccc(F)c1Br. The first kappa shape index (κ1) is 12.6. The average Bonchev–Trinajstić information content (AvgIpc) is 2.12. The summed E-state index contributed by atoms with van der Waals surface area (Å²) in [4.78, 5) is 0. The fourth-order valence-electron chi connectivity index (χ4n) is 1.49. The van der Waals surface area contributed by atoms with Crippen LogP contribution in [-0.4, -0.2) is 17.3 Å². The van der Waals surface area contributed by atoms with Crippen LogP contribution in [0.25, 0.3) is 0 Å². The molecule has 1 aromatic rings. The predicted octanol–water partition coefficient (Wildman–Crippen LogP) is 2.23. The van der Waals surface area contributed by atoms with E-state index in [1.54, 1.807) is 19.1 Å². The molecule has 0 amide bonds. The number of rotatable bonds is 4. The maximum absolute atomic E-state index is 13.2. The lowest BCUT2D eigenvalue weighted by atomic mass is 9.93. The summed E-state index contributed by atoms with van der Waals surface area (Å²) in [6.07, 6.45) is 0.887. The van der Waals surface area contributed by atoms with E-state index in [4.69, 9.17) is 5.73 Å². The molecule has 1 aromatic carbocycles. The van der Waals surface area contributed by atoms with Gasteiger partial charge in [-0.1, -0.05) is 12.1 Å². The molecular formula is C11H15BrFNO. The highest BCUT2D eigenvalue weighted by Crippen LogP contribution is 2.25. The Hall–Kier alpha value is -0.450. The van der Waals surface area contributed by atoms with Crippen LogP contribution in [0.1, 0.15) is 18.9 Å². The molecular weight excluding hydrogens is 261 g/mol. The van der Waals surface area contributed by atoms with Crippen molar-refractivity contribution in [2.45, 2.75) is 25.4 Å². The van der Waals surface area contributed by atoms with Crippen LogP contribution in [0.4, 0.5) is 4.39 Å². The van der Waals surface area contributed by atoms with Crippen LogP contribution < -0.4 is 5.73 Å². The maximum Gasteiger partial charge on any atom is 0.137 e. The van der Waals surface area contributed by atoms with Crippen molar-refractivity contribution >= 4 is 15.9 Å². The Morgan fingerprint density at radius 1 is 1.53 bits per heavy atom. The van der Waals surface area contributed by atoms with Crippen LogP contribution in [0, 0.1) is 5.82 Å². The van der Waals surface area contributed by atoms with E-state index in [1.807, 2.05) is 0 Å². The summed E-state index contributed by atoms with van der Waals surface area (Å²) in [6.45, 7) is 2.12. The quantitative estimate of drug-likeness (QED) is 0.885. The molecule has 0 aliphatic heterocycles. The fourth-order valence-corrected chi connectivity index (χ4v) is 1.90. The first-order valence-corrected chi connectivity index (χ1v) is 5.61. The van der Waals surface area contributed by atoms with Gasteiger partial charge in [0.05, 0.1) is 10.1 Å². The van der Waals surface area contributed by atoms with Crippen LogP contribution in [0.3, 0.4) is 0 Å². The van der Waals surface area contributed by atoms with Gasteiger partial charge in [0.15, 0.2) is 0 Å². The Labute approximate surface area is 97.4 Å². The zero-order chi connectivity index (χ0) is 11.5. The summed E-state index contributed by atoms with van der Waals surface area (Å²) in [6, 6.07) is 4.80. The zero-order valence-electron chi connectivity index (χ0n) is 8.63. The molecule has 0 heterocycles. The van der Waals surface area contributed by atoms with Crippen molar-refractivity contribution in [1.82, 2.24) is 0 Å². The van der Waals surface area contributed by atoms with Crippen molar-refractivity contribution in [1.29, 1.82) is 0 Å². The molecule has 3 N–H and O–H groups in total. The molecule has 0 saturated heterocycles. The Morgan fingerprint density at radius 3 is 2.80 bits per heavy atom. The van der Waals surface area contributed by atoms with Gasteiger partial charge in [0.2, 0.25) is 0 Å². The summed E-state index contributed by atoms with van der Waals surface area (Å²) >= 11 is 3.17. The highest BCUT2D eigenvalue weighted by atomic mass is 79.9. The molecule has 2 nitrogen and oxygen atoms in total. The Kier molecular flexibility index (Phi) is 4.25. The van der Waals surface area contributed by atoms with Crippen LogP contribution in [0.5, 0.6) is 0 Å². The number of halogens is 2. The van der Waals surface area contributed by atoms with E-state index in [0.717, 1.165) is 5.56 Å². The molecule has 1 atom stereocenters. The molecule has 84 valence electrons. The number of hydrogen-bond donors (Lipinski definition) is 2. The van der Waals surface area contributed by atoms with Crippen molar-refractivity contribution in [2.24, 2.45) is 5.73 Å². The van der Waals surface area contributed by atoms with Gasteiger partial charge in [0.1, 0.15) is 5.82 Å². The predicted molar refractivity (Wildman–Crippen MR) is 62.1 cm³/mol. The van der Waals surface area contributed by atoms with Gasteiger partial charge >= 0.3 is 0 Å². The monoisotopic (exact) mass is 275 g/mol. The van der Waals surface area contributed by atoms with Gasteiger partial charge in [-0.2, -0.15) is 0 Å². The van der Waals surface area contributed by atoms with Gasteiger partial charge in [-0.25, -0.2) is 4.39 Å². The van der Waals surface area contributed by atoms with Crippen molar-refractivity contribution in [2.75, 3.05) is 6.54 Å². The van der Waals surface area contributed by atoms with Gasteiger partial charge in [-0.15, -0.1) is 0 Å². The third kappa shape index (κ3) is 3.55. The Morgan fingerprint density at radius 2 is 2.20 bits per heavy atom. The lowest BCUT2D eigenvalue weighted by Gasteiger charge is -2.23. The zero-order valence-corrected chi connectivity index (χ0v) is 10.2. The average molecular weight is 276 g/mol. The second-order valence-corrected chi connectivity index (χ2v) is 4.72. The van der Waals surface area contributed by atoms with Crippen LogP contribution in [0.15, 0.2) is 22.7 Å². The molecule has 1 rings (SSSR count). The van der Waals surface area contributed by atoms with E-state index < -0.39 is 5.60 Å². The fraction of sp³-hybridized carbons (Fsp3) is 0.455. The van der Waals surface area contributed by atoms with Gasteiger partial charge < -0.3 is 10.8 Å². The molecule has 0 bridgehead atoms. The van der Waals surface area contributed by atoms with E-state index in [1.165, 1.54) is 6.07 Å². The summed E-state index contributed by atoms with van der Waals surface area (Å²) in [7, 11) is 0. The lowest BCUT2D eigenvalue weighted by molar-refractivity contribution is 0.0536. The number of aliphatic hydroxyl groups is 1. The van der Waals surface area contributed by atoms with E-state index in [2.05, 4.69) is 15.9 Å². The van der Waals surface area contributed by atoms with E-state index >= 15 is 0 Å². The van der Waals surface area contributed by atoms with Crippen LogP contribution in [0.2, 0.25) is 0 Å². The highest BCUT2D eigenvalue weighted by Gasteiger charge is 2.21. The van der Waals surface area contributed by atoms with Crippen LogP contribution >= 0.6 is 15.9 Å². The topological polar surface area (TPSA) is 46.2 Å². The molecule has 0 saturated carbocycles. The first-order valence-electron chi connectivity index (χ1n) is 4.81. The Balaban J connectivity index is 2.85. The van der Waals surface area contributed by atoms with Gasteiger partial charge in [-0.3, -0.25) is 0 Å². The van der Waals surface area contributed by atoms with Crippen molar-refractivity contribution in [3.63, 3.8) is 0 Å². The van der Waals surface area contributed by atoms with Crippen molar-refractivity contribution < 1.29 is 9.50 Å². The highest BCUT2D eigenvalue weighted by molar-refractivity contribution is 9.10. The first-order chi connectivity index (χ1) is 6.96. The third-order valence-electron chi connectivity index (χ3n) is 2.29. The summed E-state index contributed by atoms with van der Waals surface area (Å²) in [5.74, 6) is -0.309. The molecule has 0 fully saturated rings. The maximum atomic E-state index is 13.2. The summed E-state index contributed by atoms with van der Waals surface area (Å²) < 4.78 is 13.6. The second-order valence-electron chi connectivity index (χ2n) is 3.93. The summed E-state index contributed by atoms with van der Waals surface area (Å²) in [5.41, 5.74) is 5.26. The van der Waals surface area contributed by atoms with Crippen LogP contribution in [-0.2, 0) is 6.42 Å². The minimum Gasteiger partial charge on any atom is -0.390 e.